The van der Waals surface area contributed by atoms with Crippen molar-refractivity contribution >= 4 is 7.82 Å². The molecule has 0 aliphatic heterocycles. The maximum atomic E-state index is 12.9. The molecule has 0 aromatic carbocycles. The second kappa shape index (κ2) is 7.11. The number of hydrogen-bond acceptors (Lipinski definition) is 4. The molecular weight excluding hydrogens is 381 g/mol. The van der Waals surface area contributed by atoms with Crippen LogP contribution < -0.4 is 0 Å². The Balaban J connectivity index is 5.58. The summed E-state index contributed by atoms with van der Waals surface area (Å²) in [5.41, 5.74) is 0. The highest BCUT2D eigenvalue weighted by Gasteiger charge is 2.67. The number of alkyl halides is 10. The highest BCUT2D eigenvalue weighted by Crippen LogP contribution is 2.60. The Morgan fingerprint density at radius 2 is 1.09 bits per heavy atom. The molecule has 4 nitrogen and oxygen atoms in total. The number of halogens is 10. The Labute approximate surface area is 122 Å². The van der Waals surface area contributed by atoms with E-state index in [1.165, 1.54) is 0 Å². The van der Waals surface area contributed by atoms with Crippen molar-refractivity contribution in [1.29, 1.82) is 0 Å². The van der Waals surface area contributed by atoms with Crippen molar-refractivity contribution in [2.24, 2.45) is 0 Å². The molecule has 0 bridgehead atoms. The van der Waals surface area contributed by atoms with Gasteiger partial charge in [0, 0.05) is 0 Å². The van der Waals surface area contributed by atoms with Crippen molar-refractivity contribution in [3.05, 3.63) is 0 Å². The number of phosphoric acid groups is 1. The molecule has 0 fully saturated rings. The van der Waals surface area contributed by atoms with Crippen LogP contribution >= 0.6 is 7.82 Å². The van der Waals surface area contributed by atoms with E-state index in [4.69, 9.17) is 0 Å². The third-order valence-electron chi connectivity index (χ3n) is 1.93. The van der Waals surface area contributed by atoms with E-state index in [9.17, 15) is 48.5 Å². The molecule has 0 unspecified atom stereocenters. The third kappa shape index (κ3) is 5.19. The monoisotopic (exact) mass is 390 g/mol. The average molecular weight is 390 g/mol. The van der Waals surface area contributed by atoms with E-state index in [2.05, 4.69) is 13.6 Å². The zero-order chi connectivity index (χ0) is 18.7. The van der Waals surface area contributed by atoms with Crippen molar-refractivity contribution in [3.8, 4) is 0 Å². The standard InChI is InChI=1S/C8H9F10O4P/c1-2-20-23(19,21-7(15,16)5(11,12)3-9)22-8(17,18)6(13,14)4-10/h2-4H2,1H3. The molecule has 0 rings (SSSR count). The normalized spacial score (nSPS) is 15.1. The van der Waals surface area contributed by atoms with Gasteiger partial charge >= 0.3 is 31.9 Å². The van der Waals surface area contributed by atoms with Gasteiger partial charge in [0.25, 0.3) is 0 Å². The maximum absolute atomic E-state index is 12.9. The molecule has 140 valence electrons. The van der Waals surface area contributed by atoms with Gasteiger partial charge < -0.3 is 0 Å². The van der Waals surface area contributed by atoms with E-state index in [0.717, 1.165) is 6.92 Å². The molecule has 0 saturated carbocycles. The molecule has 0 amide bonds. The summed E-state index contributed by atoms with van der Waals surface area (Å²) in [7, 11) is -6.47. The van der Waals surface area contributed by atoms with Gasteiger partial charge in [0.1, 0.15) is 0 Å². The van der Waals surface area contributed by atoms with Crippen molar-refractivity contribution < 1.29 is 62.0 Å². The lowest BCUT2D eigenvalue weighted by Crippen LogP contribution is -2.47. The summed E-state index contributed by atoms with van der Waals surface area (Å²) in [6.07, 6.45) is -12.0. The van der Waals surface area contributed by atoms with Gasteiger partial charge in [-0.1, -0.05) is 0 Å². The van der Waals surface area contributed by atoms with Crippen molar-refractivity contribution in [1.82, 2.24) is 0 Å². The van der Waals surface area contributed by atoms with Crippen LogP contribution in [-0.4, -0.2) is 44.0 Å². The molecule has 15 heteroatoms. The van der Waals surface area contributed by atoms with Gasteiger partial charge in [0.05, 0.1) is 6.61 Å². The second-order valence-electron chi connectivity index (χ2n) is 3.76. The first-order valence-electron chi connectivity index (χ1n) is 5.39. The lowest BCUT2D eigenvalue weighted by molar-refractivity contribution is -0.343. The smallest absolute Gasteiger partial charge is 0.287 e. The van der Waals surface area contributed by atoms with E-state index < -0.39 is 51.8 Å². The van der Waals surface area contributed by atoms with Crippen LogP contribution in [0.3, 0.4) is 0 Å². The lowest BCUT2D eigenvalue weighted by Gasteiger charge is -2.30. The fourth-order valence-electron chi connectivity index (χ4n) is 0.799. The molecule has 0 aromatic rings. The first kappa shape index (κ1) is 22.4. The molecule has 0 radical (unpaired) electrons. The van der Waals surface area contributed by atoms with Gasteiger partial charge in [-0.2, -0.15) is 35.1 Å². The topological polar surface area (TPSA) is 44.8 Å². The van der Waals surface area contributed by atoms with Crippen LogP contribution in [0.5, 0.6) is 0 Å². The van der Waals surface area contributed by atoms with Gasteiger partial charge in [-0.3, -0.25) is 4.52 Å². The van der Waals surface area contributed by atoms with Gasteiger partial charge in [-0.25, -0.2) is 22.4 Å². The van der Waals surface area contributed by atoms with E-state index in [0.29, 0.717) is 0 Å². The quantitative estimate of drug-likeness (QED) is 0.405. The molecule has 0 aliphatic rings. The molecule has 0 heterocycles. The highest BCUT2D eigenvalue weighted by molar-refractivity contribution is 7.48. The Kier molecular flexibility index (Phi) is 6.93. The van der Waals surface area contributed by atoms with E-state index in [-0.39, 0.29) is 0 Å². The summed E-state index contributed by atoms with van der Waals surface area (Å²) >= 11 is 0. The summed E-state index contributed by atoms with van der Waals surface area (Å²) in [5, 5.41) is 0. The molecule has 0 spiro atoms. The molecule has 0 atom stereocenters. The van der Waals surface area contributed by atoms with Crippen LogP contribution in [0, 0.1) is 0 Å². The Morgan fingerprint density at radius 3 is 1.30 bits per heavy atom. The molecule has 23 heavy (non-hydrogen) atoms. The van der Waals surface area contributed by atoms with Crippen LogP contribution in [0.2, 0.25) is 0 Å². The minimum atomic E-state index is -6.47. The van der Waals surface area contributed by atoms with Crippen LogP contribution in [0.4, 0.5) is 43.9 Å². The van der Waals surface area contributed by atoms with Gasteiger partial charge in [-0.05, 0) is 6.92 Å². The Morgan fingerprint density at radius 1 is 0.783 bits per heavy atom. The third-order valence-corrected chi connectivity index (χ3v) is 3.41. The minimum Gasteiger partial charge on any atom is -0.287 e. The van der Waals surface area contributed by atoms with Crippen molar-refractivity contribution in [2.75, 3.05) is 20.0 Å². The fraction of sp³-hybridized carbons (Fsp3) is 1.00. The summed E-state index contributed by atoms with van der Waals surface area (Å²) in [4.78, 5) is 0. The molecular formula is C8H9F10O4P. The van der Waals surface area contributed by atoms with Crippen LogP contribution in [-0.2, 0) is 18.1 Å². The summed E-state index contributed by atoms with van der Waals surface area (Å²) in [6, 6.07) is 0. The fourth-order valence-corrected chi connectivity index (χ4v) is 2.09. The van der Waals surface area contributed by atoms with Crippen LogP contribution in [0.15, 0.2) is 0 Å². The lowest BCUT2D eigenvalue weighted by atomic mass is 10.3. The largest absolute Gasteiger partial charge is 0.484 e. The zero-order valence-electron chi connectivity index (χ0n) is 11.0. The molecule has 0 saturated heterocycles. The van der Waals surface area contributed by atoms with Crippen LogP contribution in [0.25, 0.3) is 0 Å². The van der Waals surface area contributed by atoms with E-state index in [1.54, 1.807) is 0 Å². The summed E-state index contributed by atoms with van der Waals surface area (Å²) < 4.78 is 146. The Bertz CT molecular complexity index is 409. The second-order valence-corrected chi connectivity index (χ2v) is 5.28. The van der Waals surface area contributed by atoms with Gasteiger partial charge in [-0.15, -0.1) is 0 Å². The SMILES string of the molecule is CCOP(=O)(OC(F)(F)C(F)(F)CF)OC(F)(F)C(F)(F)CF. The molecule has 0 N–H and O–H groups in total. The van der Waals surface area contributed by atoms with Crippen LogP contribution in [0.1, 0.15) is 6.92 Å². The van der Waals surface area contributed by atoms with Crippen molar-refractivity contribution in [2.45, 2.75) is 31.0 Å². The predicted molar refractivity (Wildman–Crippen MR) is 53.1 cm³/mol. The average Bonchev–Trinajstić information content (AvgIpc) is 2.36. The van der Waals surface area contributed by atoms with Gasteiger partial charge in [0.15, 0.2) is 13.3 Å². The maximum Gasteiger partial charge on any atom is 0.484 e. The van der Waals surface area contributed by atoms with E-state index in [1.807, 2.05) is 0 Å². The zero-order valence-corrected chi connectivity index (χ0v) is 11.9. The molecule has 0 aromatic heterocycles. The molecule has 0 aliphatic carbocycles. The summed E-state index contributed by atoms with van der Waals surface area (Å²) in [6.45, 7) is -6.44. The number of rotatable bonds is 10. The number of hydrogen-bond donors (Lipinski definition) is 0. The highest BCUT2D eigenvalue weighted by atomic mass is 31.2. The first-order chi connectivity index (χ1) is 10.1. The van der Waals surface area contributed by atoms with Gasteiger partial charge in [0.2, 0.25) is 0 Å². The minimum absolute atomic E-state index is 0.788. The summed E-state index contributed by atoms with van der Waals surface area (Å²) in [5.74, 6) is -11.3. The first-order valence-corrected chi connectivity index (χ1v) is 6.85. The predicted octanol–water partition coefficient (Wildman–Crippen LogP) is 4.56. The number of phosphoric ester groups is 1. The Hall–Kier alpha value is -0.590. The van der Waals surface area contributed by atoms with E-state index >= 15 is 0 Å². The van der Waals surface area contributed by atoms with Crippen molar-refractivity contribution in [3.63, 3.8) is 0 Å².